The normalized spacial score (nSPS) is 17.0. The first-order valence-corrected chi connectivity index (χ1v) is 9.47. The molecular weight excluding hydrogens is 280 g/mol. The molecule has 1 heteroatoms. The predicted octanol–water partition coefficient (Wildman–Crippen LogP) is 6.96. The molecule has 0 aliphatic heterocycles. The number of hydrogen-bond donors (Lipinski definition) is 0. The van der Waals surface area contributed by atoms with Crippen LogP contribution in [0.5, 0.6) is 0 Å². The number of hydrogen-bond acceptors (Lipinski definition) is 1. The average Bonchev–Trinajstić information content (AvgIpc) is 2.54. The first-order valence-electron chi connectivity index (χ1n) is 9.47. The first-order chi connectivity index (χ1) is 10.8. The molecule has 0 N–H and O–H groups in total. The Balaban J connectivity index is 4.13. The molecule has 4 atom stereocenters. The van der Waals surface area contributed by atoms with Crippen LogP contribution in [0.15, 0.2) is 36.5 Å². The van der Waals surface area contributed by atoms with E-state index in [1.807, 2.05) is 0 Å². The number of ether oxygens (including phenoxy) is 1. The Morgan fingerprint density at radius 2 is 1.65 bits per heavy atom. The van der Waals surface area contributed by atoms with Gasteiger partial charge < -0.3 is 4.74 Å². The lowest BCUT2D eigenvalue weighted by Crippen LogP contribution is -2.22. The Morgan fingerprint density at radius 3 is 2.22 bits per heavy atom. The van der Waals surface area contributed by atoms with E-state index < -0.39 is 0 Å². The summed E-state index contributed by atoms with van der Waals surface area (Å²) in [5.41, 5.74) is 2.30. The summed E-state index contributed by atoms with van der Waals surface area (Å²) >= 11 is 0. The van der Waals surface area contributed by atoms with E-state index in [0.717, 1.165) is 30.9 Å². The maximum Gasteiger partial charge on any atom is 0.0572 e. The maximum atomic E-state index is 6.09. The van der Waals surface area contributed by atoms with Crippen molar-refractivity contribution in [2.24, 2.45) is 17.8 Å². The summed E-state index contributed by atoms with van der Waals surface area (Å²) in [4.78, 5) is 0. The Labute approximate surface area is 145 Å². The molecule has 0 fully saturated rings. The molecule has 0 rings (SSSR count). The highest BCUT2D eigenvalue weighted by Crippen LogP contribution is 2.20. The van der Waals surface area contributed by atoms with E-state index in [-0.39, 0.29) is 0 Å². The standard InChI is InChI=1S/C22H40O/c1-9-11-18(4)13-14-19(5)21(7)16-23-22(8)20(6)15-12-17(3)10-2/h13-14,17,20-22H,4-5,9-12,15-16H2,1-3,6-8H3/b14-13-. The van der Waals surface area contributed by atoms with Gasteiger partial charge in [0, 0.05) is 5.92 Å². The average molecular weight is 321 g/mol. The molecule has 0 saturated heterocycles. The third-order valence-electron chi connectivity index (χ3n) is 4.96. The van der Waals surface area contributed by atoms with Crippen LogP contribution >= 0.6 is 0 Å². The summed E-state index contributed by atoms with van der Waals surface area (Å²) < 4.78 is 6.09. The maximum absolute atomic E-state index is 6.09. The summed E-state index contributed by atoms with van der Waals surface area (Å²) in [6, 6.07) is 0. The first kappa shape index (κ1) is 22.2. The number of rotatable bonds is 13. The smallest absolute Gasteiger partial charge is 0.0572 e. The topological polar surface area (TPSA) is 9.23 Å². The molecule has 0 aliphatic carbocycles. The van der Waals surface area contributed by atoms with E-state index in [0.29, 0.717) is 17.9 Å². The lowest BCUT2D eigenvalue weighted by molar-refractivity contribution is 0.0145. The molecule has 0 aromatic heterocycles. The second-order valence-electron chi connectivity index (χ2n) is 7.32. The van der Waals surface area contributed by atoms with Gasteiger partial charge in [0.15, 0.2) is 0 Å². The minimum absolute atomic E-state index is 0.313. The Morgan fingerprint density at radius 1 is 1.00 bits per heavy atom. The third-order valence-corrected chi connectivity index (χ3v) is 4.96. The van der Waals surface area contributed by atoms with Crippen LogP contribution in [-0.4, -0.2) is 12.7 Å². The fraction of sp³-hybridized carbons (Fsp3) is 0.727. The van der Waals surface area contributed by atoms with E-state index in [2.05, 4.69) is 66.9 Å². The zero-order valence-corrected chi connectivity index (χ0v) is 16.5. The number of allylic oxidation sites excluding steroid dienone is 3. The van der Waals surface area contributed by atoms with Gasteiger partial charge in [0.2, 0.25) is 0 Å². The van der Waals surface area contributed by atoms with Crippen LogP contribution in [0.2, 0.25) is 0 Å². The van der Waals surface area contributed by atoms with Gasteiger partial charge in [0.1, 0.15) is 0 Å². The van der Waals surface area contributed by atoms with Crippen molar-refractivity contribution in [1.82, 2.24) is 0 Å². The summed E-state index contributed by atoms with van der Waals surface area (Å²) in [5.74, 6) is 1.79. The zero-order valence-electron chi connectivity index (χ0n) is 16.5. The van der Waals surface area contributed by atoms with Crippen LogP contribution in [0.1, 0.15) is 73.6 Å². The van der Waals surface area contributed by atoms with E-state index >= 15 is 0 Å². The van der Waals surface area contributed by atoms with Crippen LogP contribution in [0.3, 0.4) is 0 Å². The summed E-state index contributed by atoms with van der Waals surface area (Å²) in [5, 5.41) is 0. The summed E-state index contributed by atoms with van der Waals surface area (Å²) in [6.45, 7) is 22.5. The lowest BCUT2D eigenvalue weighted by Gasteiger charge is -2.23. The van der Waals surface area contributed by atoms with Gasteiger partial charge in [0.05, 0.1) is 12.7 Å². The van der Waals surface area contributed by atoms with Gasteiger partial charge >= 0.3 is 0 Å². The van der Waals surface area contributed by atoms with Crippen LogP contribution in [0.25, 0.3) is 0 Å². The molecule has 134 valence electrons. The largest absolute Gasteiger partial charge is 0.378 e. The third kappa shape index (κ3) is 10.5. The molecule has 4 unspecified atom stereocenters. The van der Waals surface area contributed by atoms with Gasteiger partial charge in [-0.15, -0.1) is 0 Å². The second-order valence-corrected chi connectivity index (χ2v) is 7.32. The van der Waals surface area contributed by atoms with Gasteiger partial charge in [-0.05, 0) is 31.6 Å². The Kier molecular flexibility index (Phi) is 12.1. The second kappa shape index (κ2) is 12.6. The molecule has 1 nitrogen and oxygen atoms in total. The fourth-order valence-electron chi connectivity index (χ4n) is 2.35. The van der Waals surface area contributed by atoms with Crippen LogP contribution in [0.4, 0.5) is 0 Å². The van der Waals surface area contributed by atoms with E-state index in [1.165, 1.54) is 24.8 Å². The van der Waals surface area contributed by atoms with Crippen molar-refractivity contribution < 1.29 is 4.74 Å². The molecule has 0 aromatic rings. The van der Waals surface area contributed by atoms with Crippen molar-refractivity contribution in [3.8, 4) is 0 Å². The van der Waals surface area contributed by atoms with Gasteiger partial charge in [-0.25, -0.2) is 0 Å². The minimum Gasteiger partial charge on any atom is -0.378 e. The van der Waals surface area contributed by atoms with Crippen LogP contribution in [-0.2, 0) is 4.74 Å². The highest BCUT2D eigenvalue weighted by molar-refractivity contribution is 5.25. The van der Waals surface area contributed by atoms with Crippen molar-refractivity contribution in [3.63, 3.8) is 0 Å². The van der Waals surface area contributed by atoms with Gasteiger partial charge in [-0.2, -0.15) is 0 Å². The van der Waals surface area contributed by atoms with Gasteiger partial charge in [0.25, 0.3) is 0 Å². The summed E-state index contributed by atoms with van der Waals surface area (Å²) in [6.07, 6.45) is 10.5. The van der Waals surface area contributed by atoms with E-state index in [9.17, 15) is 0 Å². The lowest BCUT2D eigenvalue weighted by atomic mass is 9.93. The van der Waals surface area contributed by atoms with Crippen LogP contribution < -0.4 is 0 Å². The van der Waals surface area contributed by atoms with Crippen molar-refractivity contribution in [1.29, 1.82) is 0 Å². The Hall–Kier alpha value is -0.820. The fourth-order valence-corrected chi connectivity index (χ4v) is 2.35. The van der Waals surface area contributed by atoms with E-state index in [1.54, 1.807) is 0 Å². The molecule has 0 aromatic carbocycles. The monoisotopic (exact) mass is 320 g/mol. The summed E-state index contributed by atoms with van der Waals surface area (Å²) in [7, 11) is 0. The van der Waals surface area contributed by atoms with Crippen molar-refractivity contribution in [3.05, 3.63) is 36.5 Å². The van der Waals surface area contributed by atoms with Crippen LogP contribution in [0, 0.1) is 17.8 Å². The highest BCUT2D eigenvalue weighted by Gasteiger charge is 2.15. The molecule has 0 saturated carbocycles. The molecule has 0 spiro atoms. The molecule has 0 heterocycles. The molecule has 0 amide bonds. The SMILES string of the molecule is C=C(/C=C\C(=C)C(C)COC(C)C(C)CCC(C)CC)CCC. The molecule has 0 aliphatic rings. The minimum atomic E-state index is 0.313. The molecule has 23 heavy (non-hydrogen) atoms. The van der Waals surface area contributed by atoms with Gasteiger partial charge in [-0.1, -0.05) is 90.3 Å². The van der Waals surface area contributed by atoms with Crippen molar-refractivity contribution in [2.75, 3.05) is 6.61 Å². The van der Waals surface area contributed by atoms with Crippen molar-refractivity contribution >= 4 is 0 Å². The molecule has 0 radical (unpaired) electrons. The highest BCUT2D eigenvalue weighted by atomic mass is 16.5. The van der Waals surface area contributed by atoms with Crippen molar-refractivity contribution in [2.45, 2.75) is 79.8 Å². The van der Waals surface area contributed by atoms with Gasteiger partial charge in [-0.3, -0.25) is 0 Å². The molecular formula is C22H40O. The van der Waals surface area contributed by atoms with E-state index in [4.69, 9.17) is 4.74 Å². The quantitative estimate of drug-likeness (QED) is 0.333. The molecule has 0 bridgehead atoms. The zero-order chi connectivity index (χ0) is 17.8. The Bertz CT molecular complexity index is 366. The predicted molar refractivity (Wildman–Crippen MR) is 105 cm³/mol.